The van der Waals surface area contributed by atoms with Gasteiger partial charge in [-0.2, -0.15) is 0 Å². The molecule has 0 unspecified atom stereocenters. The van der Waals surface area contributed by atoms with E-state index in [0.29, 0.717) is 0 Å². The maximum atomic E-state index is 7.84. The van der Waals surface area contributed by atoms with Crippen LogP contribution in [0, 0.1) is 0 Å². The van der Waals surface area contributed by atoms with Gasteiger partial charge in [0, 0.05) is 0 Å². The summed E-state index contributed by atoms with van der Waals surface area (Å²) in [6, 6.07) is 0. The van der Waals surface area contributed by atoms with Crippen LogP contribution in [0.3, 0.4) is 0 Å². The third-order valence-electron chi connectivity index (χ3n) is 5.11. The Morgan fingerprint density at radius 1 is 0.652 bits per heavy atom. The molecule has 3 aliphatic rings. The van der Waals surface area contributed by atoms with E-state index >= 15 is 0 Å². The number of halogens is 1. The van der Waals surface area contributed by atoms with Crippen LogP contribution in [-0.2, 0) is 14.2 Å². The molecule has 23 heavy (non-hydrogen) atoms. The van der Waals surface area contributed by atoms with E-state index in [1.54, 1.807) is 0 Å². The van der Waals surface area contributed by atoms with E-state index in [1.165, 1.54) is 0 Å². The number of hydrogen-bond acceptors (Lipinski definition) is 7. The minimum absolute atomic E-state index is 0.743. The molecular formula is C14H30ClN4O3P. The van der Waals surface area contributed by atoms with Crippen molar-refractivity contribution in [3.05, 3.63) is 0 Å². The Labute approximate surface area is 144 Å². The van der Waals surface area contributed by atoms with Crippen LogP contribution in [0.2, 0.25) is 0 Å². The van der Waals surface area contributed by atoms with Crippen molar-refractivity contribution in [3.8, 4) is 0 Å². The average Bonchev–Trinajstić information content (AvgIpc) is 2.63. The van der Waals surface area contributed by atoms with Gasteiger partial charge in [-0.25, -0.2) is 0 Å². The van der Waals surface area contributed by atoms with E-state index in [0.717, 1.165) is 78.9 Å². The van der Waals surface area contributed by atoms with E-state index in [4.69, 9.17) is 25.5 Å². The first-order valence-electron chi connectivity index (χ1n) is 8.49. The average molecular weight is 369 g/mol. The Bertz CT molecular complexity index is 351. The Morgan fingerprint density at radius 2 is 0.913 bits per heavy atom. The van der Waals surface area contributed by atoms with Crippen molar-refractivity contribution in [2.75, 3.05) is 93.0 Å². The van der Waals surface area contributed by atoms with Crippen LogP contribution in [-0.4, -0.2) is 112 Å². The molecule has 0 N–H and O–H groups in total. The van der Waals surface area contributed by atoms with E-state index in [2.05, 4.69) is 32.8 Å². The van der Waals surface area contributed by atoms with Crippen molar-refractivity contribution in [2.45, 2.75) is 0 Å². The fourth-order valence-electron chi connectivity index (χ4n) is 3.99. The number of ether oxygens (including phenoxy) is 3. The normalized spacial score (nSPS) is 28.6. The van der Waals surface area contributed by atoms with Crippen molar-refractivity contribution in [1.82, 2.24) is 18.7 Å². The van der Waals surface area contributed by atoms with Gasteiger partial charge in [0.1, 0.15) is 0 Å². The first-order valence-corrected chi connectivity index (χ1v) is 11.4. The van der Waals surface area contributed by atoms with Gasteiger partial charge in [-0.15, -0.1) is 0 Å². The zero-order chi connectivity index (χ0) is 16.4. The number of nitrogens with zero attached hydrogens (tertiary/aromatic N) is 4. The van der Waals surface area contributed by atoms with E-state index in [-0.39, 0.29) is 0 Å². The van der Waals surface area contributed by atoms with E-state index in [1.807, 2.05) is 0 Å². The standard InChI is InChI=1S/C14H30ClN4O3P/c1-16(2)23(15,17-3-9-20-10-4-17,18-5-11-21-12-6-18)19-7-13-22-14-8-19/h3-14H2,1-2H3. The van der Waals surface area contributed by atoms with Crippen molar-refractivity contribution in [1.29, 1.82) is 0 Å². The third-order valence-corrected chi connectivity index (χ3v) is 13.4. The summed E-state index contributed by atoms with van der Waals surface area (Å²) in [7, 11) is 4.26. The molecule has 3 heterocycles. The summed E-state index contributed by atoms with van der Waals surface area (Å²) in [4.78, 5) is 0. The van der Waals surface area contributed by atoms with Crippen LogP contribution in [0.5, 0.6) is 0 Å². The number of rotatable bonds is 4. The fourth-order valence-corrected chi connectivity index (χ4v) is 10.5. The van der Waals surface area contributed by atoms with Crippen LogP contribution in [0.25, 0.3) is 0 Å². The summed E-state index contributed by atoms with van der Waals surface area (Å²) in [5, 5.41) is 0. The minimum atomic E-state index is -3.11. The molecule has 9 heteroatoms. The van der Waals surface area contributed by atoms with Crippen molar-refractivity contribution >= 4 is 17.8 Å². The zero-order valence-electron chi connectivity index (χ0n) is 14.3. The predicted octanol–water partition coefficient (Wildman–Crippen LogP) is 0.912. The van der Waals surface area contributed by atoms with Gasteiger partial charge in [0.2, 0.25) is 0 Å². The molecule has 0 spiro atoms. The molecule has 0 aliphatic carbocycles. The monoisotopic (exact) mass is 368 g/mol. The second-order valence-electron chi connectivity index (χ2n) is 6.38. The van der Waals surface area contributed by atoms with Crippen LogP contribution < -0.4 is 0 Å². The third kappa shape index (κ3) is 2.94. The molecule has 3 saturated heterocycles. The fraction of sp³-hybridized carbons (Fsp3) is 1.00. The first kappa shape index (κ1) is 18.2. The molecule has 3 aliphatic heterocycles. The van der Waals surface area contributed by atoms with Crippen LogP contribution in [0.1, 0.15) is 0 Å². The molecule has 3 fully saturated rings. The second kappa shape index (κ2) is 7.36. The molecule has 0 amide bonds. The molecule has 0 aromatic heterocycles. The van der Waals surface area contributed by atoms with Crippen LogP contribution in [0.15, 0.2) is 0 Å². The molecule has 136 valence electrons. The van der Waals surface area contributed by atoms with Gasteiger partial charge in [-0.3, -0.25) is 0 Å². The van der Waals surface area contributed by atoms with Gasteiger partial charge in [0.25, 0.3) is 0 Å². The van der Waals surface area contributed by atoms with Crippen LogP contribution in [0.4, 0.5) is 0 Å². The molecule has 7 nitrogen and oxygen atoms in total. The summed E-state index contributed by atoms with van der Waals surface area (Å²) in [5.41, 5.74) is 0. The van der Waals surface area contributed by atoms with Gasteiger partial charge in [-0.1, -0.05) is 0 Å². The van der Waals surface area contributed by atoms with Gasteiger partial charge in [0.15, 0.2) is 0 Å². The van der Waals surface area contributed by atoms with Gasteiger partial charge < -0.3 is 0 Å². The Kier molecular flexibility index (Phi) is 5.84. The number of hydrogen-bond donors (Lipinski definition) is 0. The van der Waals surface area contributed by atoms with Gasteiger partial charge in [-0.05, 0) is 0 Å². The Balaban J connectivity index is 2.03. The molecule has 0 aromatic rings. The SMILES string of the molecule is CN(C)P(Cl)(N1CCOCC1)(N1CCOCC1)N1CCOCC1. The molecule has 0 bridgehead atoms. The molecule has 0 saturated carbocycles. The molecule has 0 radical (unpaired) electrons. The predicted molar refractivity (Wildman–Crippen MR) is 93.6 cm³/mol. The van der Waals surface area contributed by atoms with E-state index < -0.39 is 6.56 Å². The summed E-state index contributed by atoms with van der Waals surface area (Å²) >= 11 is 7.84. The summed E-state index contributed by atoms with van der Waals surface area (Å²) in [6.45, 7) is 6.56. The Hall–Kier alpha value is 0.440. The second-order valence-corrected chi connectivity index (χ2v) is 12.4. The molecular weight excluding hydrogens is 339 g/mol. The summed E-state index contributed by atoms with van der Waals surface area (Å²) in [6.07, 6.45) is 0. The van der Waals surface area contributed by atoms with E-state index in [9.17, 15) is 0 Å². The van der Waals surface area contributed by atoms with Crippen molar-refractivity contribution in [2.24, 2.45) is 0 Å². The molecule has 0 aromatic carbocycles. The van der Waals surface area contributed by atoms with Crippen molar-refractivity contribution < 1.29 is 14.2 Å². The topological polar surface area (TPSA) is 40.7 Å². The quantitative estimate of drug-likeness (QED) is 0.683. The van der Waals surface area contributed by atoms with Gasteiger partial charge >= 0.3 is 144 Å². The summed E-state index contributed by atoms with van der Waals surface area (Å²) in [5.74, 6) is 0. The number of morpholine rings is 3. The summed E-state index contributed by atoms with van der Waals surface area (Å²) < 4.78 is 26.6. The maximum absolute atomic E-state index is 7.84. The molecule has 3 rings (SSSR count). The zero-order valence-corrected chi connectivity index (χ0v) is 16.0. The first-order chi connectivity index (χ1) is 11.1. The molecule has 0 atom stereocenters. The van der Waals surface area contributed by atoms with Crippen LogP contribution >= 0.6 is 17.8 Å². The van der Waals surface area contributed by atoms with Gasteiger partial charge in [0.05, 0.1) is 0 Å². The Morgan fingerprint density at radius 3 is 1.13 bits per heavy atom. The van der Waals surface area contributed by atoms with Crippen molar-refractivity contribution in [3.63, 3.8) is 0 Å².